The second-order valence-electron chi connectivity index (χ2n) is 6.36. The fourth-order valence-corrected chi connectivity index (χ4v) is 4.12. The minimum absolute atomic E-state index is 0.0435. The van der Waals surface area contributed by atoms with Gasteiger partial charge in [-0.15, -0.1) is 11.3 Å². The number of nitrogens with one attached hydrogen (secondary N) is 2. The summed E-state index contributed by atoms with van der Waals surface area (Å²) in [5.74, 6) is 0.881. The molecule has 1 fully saturated rings. The smallest absolute Gasteiger partial charge is 0.261 e. The Bertz CT molecular complexity index is 709. The zero-order valence-corrected chi connectivity index (χ0v) is 15.2. The minimum atomic E-state index is 0.0435. The van der Waals surface area contributed by atoms with Gasteiger partial charge in [0.1, 0.15) is 5.75 Å². The molecule has 0 saturated carbocycles. The quantitative estimate of drug-likeness (QED) is 0.891. The minimum Gasteiger partial charge on any atom is -0.497 e. The number of amides is 1. The van der Waals surface area contributed by atoms with Crippen LogP contribution in [-0.2, 0) is 0 Å². The Morgan fingerprint density at radius 3 is 2.75 bits per heavy atom. The first-order chi connectivity index (χ1) is 11.6. The molecule has 1 amide bonds. The molecule has 5 heteroatoms. The van der Waals surface area contributed by atoms with E-state index >= 15 is 0 Å². The predicted octanol–water partition coefficient (Wildman–Crippen LogP) is 3.60. The summed E-state index contributed by atoms with van der Waals surface area (Å²) >= 11 is 1.56. The van der Waals surface area contributed by atoms with Crippen LogP contribution in [0.2, 0.25) is 0 Å². The zero-order chi connectivity index (χ0) is 17.1. The summed E-state index contributed by atoms with van der Waals surface area (Å²) in [5.41, 5.74) is 2.23. The first-order valence-electron chi connectivity index (χ1n) is 8.36. The maximum Gasteiger partial charge on any atom is 0.261 e. The lowest BCUT2D eigenvalue weighted by Crippen LogP contribution is -2.46. The van der Waals surface area contributed by atoms with Crippen LogP contribution in [0.5, 0.6) is 5.75 Å². The van der Waals surface area contributed by atoms with E-state index < -0.39 is 0 Å². The molecule has 0 radical (unpaired) electrons. The van der Waals surface area contributed by atoms with Gasteiger partial charge >= 0.3 is 0 Å². The summed E-state index contributed by atoms with van der Waals surface area (Å²) in [4.78, 5) is 14.5. The number of aryl methyl sites for hydroxylation is 1. The van der Waals surface area contributed by atoms with Gasteiger partial charge in [0.05, 0.1) is 12.0 Å². The topological polar surface area (TPSA) is 50.4 Å². The number of piperidine rings is 1. The lowest BCUT2D eigenvalue weighted by atomic mass is 10.0. The van der Waals surface area contributed by atoms with E-state index in [-0.39, 0.29) is 11.9 Å². The molecule has 3 rings (SSSR count). The molecule has 4 nitrogen and oxygen atoms in total. The first-order valence-corrected chi connectivity index (χ1v) is 9.17. The number of methoxy groups -OCH3 is 1. The van der Waals surface area contributed by atoms with E-state index in [1.807, 2.05) is 30.3 Å². The lowest BCUT2D eigenvalue weighted by molar-refractivity contribution is 0.0930. The van der Waals surface area contributed by atoms with Crippen molar-refractivity contribution in [3.05, 3.63) is 40.1 Å². The SMILES string of the molecule is COc1ccc(-c2cc(C(=O)NC3CCNC(C)C3)sc2C)cc1. The third-order valence-corrected chi connectivity index (χ3v) is 5.55. The number of hydrogen-bond donors (Lipinski definition) is 2. The Morgan fingerprint density at radius 2 is 2.08 bits per heavy atom. The number of thiophene rings is 1. The van der Waals surface area contributed by atoms with E-state index in [2.05, 4.69) is 24.5 Å². The van der Waals surface area contributed by atoms with Crippen molar-refractivity contribution >= 4 is 17.2 Å². The van der Waals surface area contributed by atoms with Crippen molar-refractivity contribution in [3.8, 4) is 16.9 Å². The zero-order valence-electron chi connectivity index (χ0n) is 14.4. The summed E-state index contributed by atoms with van der Waals surface area (Å²) in [7, 11) is 1.66. The van der Waals surface area contributed by atoms with Crippen molar-refractivity contribution in [3.63, 3.8) is 0 Å². The van der Waals surface area contributed by atoms with Gasteiger partial charge in [-0.05, 0) is 62.6 Å². The molecule has 1 saturated heterocycles. The molecule has 2 unspecified atom stereocenters. The van der Waals surface area contributed by atoms with Crippen molar-refractivity contribution in [2.24, 2.45) is 0 Å². The summed E-state index contributed by atoms with van der Waals surface area (Å²) in [5, 5.41) is 6.60. The van der Waals surface area contributed by atoms with Crippen LogP contribution in [0.25, 0.3) is 11.1 Å². The van der Waals surface area contributed by atoms with Crippen molar-refractivity contribution in [1.82, 2.24) is 10.6 Å². The molecule has 0 aliphatic carbocycles. The average molecular weight is 344 g/mol. The van der Waals surface area contributed by atoms with Gasteiger partial charge in [-0.1, -0.05) is 12.1 Å². The van der Waals surface area contributed by atoms with Crippen LogP contribution in [0.15, 0.2) is 30.3 Å². The maximum absolute atomic E-state index is 12.6. The molecule has 2 atom stereocenters. The molecule has 128 valence electrons. The van der Waals surface area contributed by atoms with Crippen LogP contribution in [0.3, 0.4) is 0 Å². The van der Waals surface area contributed by atoms with Crippen LogP contribution in [-0.4, -0.2) is 31.6 Å². The van der Waals surface area contributed by atoms with Crippen molar-refractivity contribution < 1.29 is 9.53 Å². The lowest BCUT2D eigenvalue weighted by Gasteiger charge is -2.28. The van der Waals surface area contributed by atoms with Gasteiger partial charge < -0.3 is 15.4 Å². The molecule has 2 aromatic rings. The highest BCUT2D eigenvalue weighted by Gasteiger charge is 2.22. The number of carbonyl (C=O) groups excluding carboxylic acids is 1. The largest absolute Gasteiger partial charge is 0.497 e. The fraction of sp³-hybridized carbons (Fsp3) is 0.421. The molecule has 0 bridgehead atoms. The van der Waals surface area contributed by atoms with Gasteiger partial charge in [0, 0.05) is 17.0 Å². The Kier molecular flexibility index (Phi) is 5.21. The highest BCUT2D eigenvalue weighted by molar-refractivity contribution is 7.14. The molecule has 1 aliphatic rings. The van der Waals surface area contributed by atoms with E-state index in [4.69, 9.17) is 4.74 Å². The van der Waals surface area contributed by atoms with E-state index in [1.165, 1.54) is 0 Å². The Labute approximate surface area is 147 Å². The van der Waals surface area contributed by atoms with Crippen molar-refractivity contribution in [1.29, 1.82) is 0 Å². The summed E-state index contributed by atoms with van der Waals surface area (Å²) < 4.78 is 5.21. The van der Waals surface area contributed by atoms with E-state index in [9.17, 15) is 4.79 Å². The van der Waals surface area contributed by atoms with Gasteiger partial charge in [-0.3, -0.25) is 4.79 Å². The molecule has 24 heavy (non-hydrogen) atoms. The summed E-state index contributed by atoms with van der Waals surface area (Å²) in [6, 6.07) is 10.7. The second-order valence-corrected chi connectivity index (χ2v) is 7.62. The Hall–Kier alpha value is -1.85. The maximum atomic E-state index is 12.6. The highest BCUT2D eigenvalue weighted by atomic mass is 32.1. The van der Waals surface area contributed by atoms with Crippen LogP contribution in [0.4, 0.5) is 0 Å². The first kappa shape index (κ1) is 17.0. The molecule has 1 aromatic heterocycles. The number of rotatable bonds is 4. The number of ether oxygens (including phenoxy) is 1. The molecular weight excluding hydrogens is 320 g/mol. The molecule has 0 spiro atoms. The standard InChI is InChI=1S/C19H24N2O2S/c1-12-10-15(8-9-20-12)21-19(22)18-11-17(13(2)24-18)14-4-6-16(23-3)7-5-14/h4-7,11-12,15,20H,8-10H2,1-3H3,(H,21,22). The van der Waals surface area contributed by atoms with Crippen LogP contribution in [0.1, 0.15) is 34.3 Å². The summed E-state index contributed by atoms with van der Waals surface area (Å²) in [6.45, 7) is 5.19. The normalized spacial score (nSPS) is 20.6. The predicted molar refractivity (Wildman–Crippen MR) is 99.0 cm³/mol. The second kappa shape index (κ2) is 7.36. The highest BCUT2D eigenvalue weighted by Crippen LogP contribution is 2.32. The number of benzene rings is 1. The van der Waals surface area contributed by atoms with Gasteiger partial charge in [0.25, 0.3) is 5.91 Å². The monoisotopic (exact) mass is 344 g/mol. The van der Waals surface area contributed by atoms with Crippen LogP contribution in [0, 0.1) is 6.92 Å². The molecule has 1 aromatic carbocycles. The van der Waals surface area contributed by atoms with Crippen molar-refractivity contribution in [2.75, 3.05) is 13.7 Å². The van der Waals surface area contributed by atoms with Gasteiger partial charge in [0.2, 0.25) is 0 Å². The van der Waals surface area contributed by atoms with E-state index in [0.29, 0.717) is 6.04 Å². The Balaban J connectivity index is 1.73. The van der Waals surface area contributed by atoms with Gasteiger partial charge in [0.15, 0.2) is 0 Å². The van der Waals surface area contributed by atoms with Gasteiger partial charge in [-0.2, -0.15) is 0 Å². The van der Waals surface area contributed by atoms with E-state index in [0.717, 1.165) is 46.0 Å². The number of hydrogen-bond acceptors (Lipinski definition) is 4. The molecule has 2 N–H and O–H groups in total. The van der Waals surface area contributed by atoms with Crippen LogP contribution < -0.4 is 15.4 Å². The van der Waals surface area contributed by atoms with Gasteiger partial charge in [-0.25, -0.2) is 0 Å². The third-order valence-electron chi connectivity index (χ3n) is 4.50. The molecule has 1 aliphatic heterocycles. The van der Waals surface area contributed by atoms with Crippen LogP contribution >= 0.6 is 11.3 Å². The fourth-order valence-electron chi connectivity index (χ4n) is 3.17. The van der Waals surface area contributed by atoms with Crippen molar-refractivity contribution in [2.45, 2.75) is 38.8 Å². The number of carbonyl (C=O) groups is 1. The van der Waals surface area contributed by atoms with E-state index in [1.54, 1.807) is 18.4 Å². The average Bonchev–Trinajstić information content (AvgIpc) is 2.97. The Morgan fingerprint density at radius 1 is 1.33 bits per heavy atom. The molecule has 2 heterocycles. The summed E-state index contributed by atoms with van der Waals surface area (Å²) in [6.07, 6.45) is 1.98. The molecular formula is C19H24N2O2S. The third kappa shape index (κ3) is 3.79.